The third-order valence-electron chi connectivity index (χ3n) is 9.87. The molecule has 4 heterocycles. The van der Waals surface area contributed by atoms with Crippen molar-refractivity contribution in [2.45, 2.75) is 78.8 Å². The lowest BCUT2D eigenvalue weighted by atomic mass is 9.97. The molecular formula is C36H46N6O3. The standard InChI is InChI=1S/C36H46N6O3/c1-5-42(36(45)26-8-9-26)32-20-28(19-30(25(32)4)34(43)38-22-31-23(2)18-24(3)39-35(31)44)27-10-11-33(37-21-27)41-16-12-29(13-17-41)40-14-6-7-15-40/h10-11,18-21,26,29H,5-9,12-17,22H2,1-4H3,(H,38,43)(H,39,44). The number of hydrogen-bond acceptors (Lipinski definition) is 6. The summed E-state index contributed by atoms with van der Waals surface area (Å²) in [5.41, 5.74) is 5.65. The van der Waals surface area contributed by atoms with Crippen LogP contribution in [-0.2, 0) is 11.3 Å². The Hall–Kier alpha value is -3.98. The molecule has 3 aromatic rings. The molecule has 0 radical (unpaired) electrons. The molecule has 1 saturated carbocycles. The highest BCUT2D eigenvalue weighted by Crippen LogP contribution is 2.37. The maximum atomic E-state index is 13.7. The van der Waals surface area contributed by atoms with Gasteiger partial charge in [-0.2, -0.15) is 0 Å². The second-order valence-corrected chi connectivity index (χ2v) is 13.0. The predicted octanol–water partition coefficient (Wildman–Crippen LogP) is 5.12. The Morgan fingerprint density at radius 3 is 2.33 bits per heavy atom. The van der Waals surface area contributed by atoms with E-state index in [1.165, 1.54) is 38.8 Å². The molecule has 1 aliphatic carbocycles. The van der Waals surface area contributed by atoms with Crippen LogP contribution >= 0.6 is 0 Å². The number of rotatable bonds is 9. The number of hydrogen-bond donors (Lipinski definition) is 2. The highest BCUT2D eigenvalue weighted by atomic mass is 16.2. The summed E-state index contributed by atoms with van der Waals surface area (Å²) in [6.45, 7) is 12.7. The third kappa shape index (κ3) is 6.69. The number of piperidine rings is 1. The SMILES string of the molecule is CCN(C(=O)C1CC1)c1cc(-c2ccc(N3CCC(N4CCCC4)CC3)nc2)cc(C(=O)NCc2c(C)cc(C)[nH]c2=O)c1C. The van der Waals surface area contributed by atoms with Gasteiger partial charge in [0.15, 0.2) is 0 Å². The van der Waals surface area contributed by atoms with Crippen molar-refractivity contribution in [3.8, 4) is 11.1 Å². The molecule has 9 nitrogen and oxygen atoms in total. The minimum absolute atomic E-state index is 0.0529. The fourth-order valence-corrected chi connectivity index (χ4v) is 7.05. The number of nitrogens with zero attached hydrogens (tertiary/aromatic N) is 4. The number of aryl methyl sites for hydroxylation is 2. The van der Waals surface area contributed by atoms with Gasteiger partial charge in [-0.1, -0.05) is 0 Å². The van der Waals surface area contributed by atoms with Crippen molar-refractivity contribution in [2.24, 2.45) is 5.92 Å². The molecular weight excluding hydrogens is 564 g/mol. The number of likely N-dealkylation sites (tertiary alicyclic amines) is 1. The number of aromatic nitrogens is 2. The largest absolute Gasteiger partial charge is 0.357 e. The fraction of sp³-hybridized carbons (Fsp3) is 0.500. The molecule has 3 aliphatic rings. The summed E-state index contributed by atoms with van der Waals surface area (Å²) in [5, 5.41) is 2.97. The molecule has 2 N–H and O–H groups in total. The average molecular weight is 611 g/mol. The van der Waals surface area contributed by atoms with E-state index in [0.717, 1.165) is 65.4 Å². The van der Waals surface area contributed by atoms with Crippen molar-refractivity contribution in [3.63, 3.8) is 0 Å². The molecule has 0 bridgehead atoms. The van der Waals surface area contributed by atoms with E-state index in [0.29, 0.717) is 23.7 Å². The molecule has 45 heavy (non-hydrogen) atoms. The molecule has 0 spiro atoms. The number of nitrogens with one attached hydrogen (secondary N) is 2. The van der Waals surface area contributed by atoms with Gasteiger partial charge in [0.25, 0.3) is 11.5 Å². The van der Waals surface area contributed by atoms with Crippen LogP contribution in [0.2, 0.25) is 0 Å². The number of anilines is 2. The molecule has 9 heteroatoms. The zero-order valence-electron chi connectivity index (χ0n) is 27.1. The highest BCUT2D eigenvalue weighted by Gasteiger charge is 2.34. The molecule has 238 valence electrons. The summed E-state index contributed by atoms with van der Waals surface area (Å²) in [7, 11) is 0. The second kappa shape index (κ2) is 13.2. The number of H-pyrrole nitrogens is 1. The van der Waals surface area contributed by atoms with E-state index in [-0.39, 0.29) is 29.8 Å². The van der Waals surface area contributed by atoms with E-state index in [1.807, 2.05) is 57.0 Å². The monoisotopic (exact) mass is 610 g/mol. The third-order valence-corrected chi connectivity index (χ3v) is 9.87. The van der Waals surface area contributed by atoms with Crippen molar-refractivity contribution in [2.75, 3.05) is 42.5 Å². The maximum Gasteiger partial charge on any atom is 0.253 e. The van der Waals surface area contributed by atoms with Crippen molar-refractivity contribution in [1.29, 1.82) is 0 Å². The highest BCUT2D eigenvalue weighted by molar-refractivity contribution is 6.03. The van der Waals surface area contributed by atoms with E-state index in [1.54, 1.807) is 0 Å². The number of aromatic amines is 1. The average Bonchev–Trinajstić information content (AvgIpc) is 3.75. The lowest BCUT2D eigenvalue weighted by Gasteiger charge is -2.37. The van der Waals surface area contributed by atoms with Crippen LogP contribution in [-0.4, -0.2) is 65.4 Å². The van der Waals surface area contributed by atoms with Crippen LogP contribution < -0.4 is 20.7 Å². The van der Waals surface area contributed by atoms with Gasteiger partial charge in [-0.25, -0.2) is 4.98 Å². The van der Waals surface area contributed by atoms with E-state index >= 15 is 0 Å². The Kier molecular flexibility index (Phi) is 9.08. The normalized spacial score (nSPS) is 17.5. The van der Waals surface area contributed by atoms with Crippen LogP contribution in [0.3, 0.4) is 0 Å². The van der Waals surface area contributed by atoms with Crippen molar-refractivity contribution < 1.29 is 9.59 Å². The molecule has 0 unspecified atom stereocenters. The number of benzene rings is 1. The summed E-state index contributed by atoms with van der Waals surface area (Å²) < 4.78 is 0. The van der Waals surface area contributed by atoms with E-state index in [2.05, 4.69) is 32.2 Å². The lowest BCUT2D eigenvalue weighted by Crippen LogP contribution is -2.44. The Morgan fingerprint density at radius 1 is 0.978 bits per heavy atom. The summed E-state index contributed by atoms with van der Waals surface area (Å²) in [5.74, 6) is 0.853. The molecule has 1 aromatic carbocycles. The van der Waals surface area contributed by atoms with Crippen LogP contribution in [0.1, 0.15) is 78.2 Å². The van der Waals surface area contributed by atoms with E-state index < -0.39 is 0 Å². The Labute approximate surface area is 266 Å². The van der Waals surface area contributed by atoms with Crippen molar-refractivity contribution in [3.05, 3.63) is 74.8 Å². The number of amides is 2. The predicted molar refractivity (Wildman–Crippen MR) is 179 cm³/mol. The van der Waals surface area contributed by atoms with Crippen LogP contribution in [0, 0.1) is 26.7 Å². The van der Waals surface area contributed by atoms with Gasteiger partial charge >= 0.3 is 0 Å². The molecule has 2 aromatic heterocycles. The second-order valence-electron chi connectivity index (χ2n) is 13.0. The Bertz CT molecular complexity index is 1610. The fourth-order valence-electron chi connectivity index (χ4n) is 7.05. The summed E-state index contributed by atoms with van der Waals surface area (Å²) in [4.78, 5) is 54.2. The van der Waals surface area contributed by atoms with E-state index in [9.17, 15) is 14.4 Å². The first kappa shape index (κ1) is 31.0. The van der Waals surface area contributed by atoms with Gasteiger partial charge in [0, 0.05) is 72.4 Å². The summed E-state index contributed by atoms with van der Waals surface area (Å²) in [6, 6.07) is 10.6. The van der Waals surface area contributed by atoms with Gasteiger partial charge in [0.2, 0.25) is 5.91 Å². The van der Waals surface area contributed by atoms with Crippen LogP contribution in [0.25, 0.3) is 11.1 Å². The van der Waals surface area contributed by atoms with Crippen molar-refractivity contribution in [1.82, 2.24) is 20.2 Å². The molecule has 2 aliphatic heterocycles. The smallest absolute Gasteiger partial charge is 0.253 e. The summed E-state index contributed by atoms with van der Waals surface area (Å²) in [6.07, 6.45) is 8.68. The molecule has 0 atom stereocenters. The van der Waals surface area contributed by atoms with Crippen LogP contribution in [0.5, 0.6) is 0 Å². The number of carbonyl (C=O) groups is 2. The van der Waals surface area contributed by atoms with Crippen molar-refractivity contribution >= 4 is 23.3 Å². The van der Waals surface area contributed by atoms with Gasteiger partial charge in [-0.05, 0) is 126 Å². The quantitative estimate of drug-likeness (QED) is 0.349. The minimum Gasteiger partial charge on any atom is -0.357 e. The van der Waals surface area contributed by atoms with Gasteiger partial charge in [0.05, 0.1) is 0 Å². The number of pyridine rings is 2. The topological polar surface area (TPSA) is 102 Å². The first-order valence-electron chi connectivity index (χ1n) is 16.6. The molecule has 2 amide bonds. The van der Waals surface area contributed by atoms with Crippen LogP contribution in [0.15, 0.2) is 41.3 Å². The van der Waals surface area contributed by atoms with Crippen LogP contribution in [0.4, 0.5) is 11.5 Å². The Morgan fingerprint density at radius 2 is 1.71 bits per heavy atom. The number of carbonyl (C=O) groups excluding carboxylic acids is 2. The van der Waals surface area contributed by atoms with E-state index in [4.69, 9.17) is 4.98 Å². The lowest BCUT2D eigenvalue weighted by molar-refractivity contribution is -0.119. The molecule has 2 saturated heterocycles. The Balaban J connectivity index is 1.26. The summed E-state index contributed by atoms with van der Waals surface area (Å²) >= 11 is 0. The first-order valence-corrected chi connectivity index (χ1v) is 16.6. The zero-order valence-corrected chi connectivity index (χ0v) is 27.1. The first-order chi connectivity index (χ1) is 21.7. The minimum atomic E-state index is -0.282. The molecule has 6 rings (SSSR count). The van der Waals surface area contributed by atoms with Gasteiger partial charge < -0.3 is 25.0 Å². The zero-order chi connectivity index (χ0) is 31.7. The van der Waals surface area contributed by atoms with Gasteiger partial charge in [0.1, 0.15) is 5.82 Å². The maximum absolute atomic E-state index is 13.7. The molecule has 3 fully saturated rings. The van der Waals surface area contributed by atoms with Gasteiger partial charge in [-0.3, -0.25) is 14.4 Å². The van der Waals surface area contributed by atoms with Gasteiger partial charge in [-0.15, -0.1) is 0 Å².